The van der Waals surface area contributed by atoms with Gasteiger partial charge in [-0.25, -0.2) is 8.42 Å². The van der Waals surface area contributed by atoms with Crippen LogP contribution in [-0.4, -0.2) is 41.7 Å². The van der Waals surface area contributed by atoms with E-state index in [2.05, 4.69) is 10.4 Å². The molecule has 1 aromatic carbocycles. The van der Waals surface area contributed by atoms with Gasteiger partial charge in [0.15, 0.2) is 9.84 Å². The fraction of sp³-hybridized carbons (Fsp3) is 0.429. The molecule has 112 valence electrons. The number of sulfone groups is 1. The van der Waals surface area contributed by atoms with Gasteiger partial charge in [0.25, 0.3) is 0 Å². The van der Waals surface area contributed by atoms with E-state index < -0.39 is 9.84 Å². The maximum Gasteiger partial charge on any atom is 0.222 e. The molecular formula is C14H17N3O3S. The van der Waals surface area contributed by atoms with Gasteiger partial charge in [0.2, 0.25) is 5.91 Å². The summed E-state index contributed by atoms with van der Waals surface area (Å²) in [5, 5.41) is 8.09. The van der Waals surface area contributed by atoms with Crippen LogP contribution in [-0.2, 0) is 21.2 Å². The summed E-state index contributed by atoms with van der Waals surface area (Å²) < 4.78 is 24.5. The Morgan fingerprint density at radius 1 is 1.38 bits per heavy atom. The lowest BCUT2D eigenvalue weighted by molar-refractivity contribution is -0.121. The number of fused-ring (bicyclic) bond motifs is 1. The molecule has 2 aromatic rings. The first-order valence-corrected chi connectivity index (χ1v) is 8.76. The van der Waals surface area contributed by atoms with Crippen molar-refractivity contribution in [3.05, 3.63) is 30.5 Å². The number of amides is 1. The molecule has 2 heterocycles. The second-order valence-corrected chi connectivity index (χ2v) is 7.57. The van der Waals surface area contributed by atoms with Crippen LogP contribution in [0, 0.1) is 0 Å². The van der Waals surface area contributed by atoms with Gasteiger partial charge in [-0.3, -0.25) is 9.48 Å². The van der Waals surface area contributed by atoms with Crippen LogP contribution in [0.3, 0.4) is 0 Å². The summed E-state index contributed by atoms with van der Waals surface area (Å²) in [7, 11) is -2.96. The van der Waals surface area contributed by atoms with E-state index in [9.17, 15) is 13.2 Å². The lowest BCUT2D eigenvalue weighted by Gasteiger charge is -2.11. The summed E-state index contributed by atoms with van der Waals surface area (Å²) in [5.74, 6) is 0.0993. The fourth-order valence-electron chi connectivity index (χ4n) is 2.62. The molecule has 0 aliphatic carbocycles. The Bertz CT molecular complexity index is 767. The van der Waals surface area contributed by atoms with Gasteiger partial charge in [-0.1, -0.05) is 18.2 Å². The Morgan fingerprint density at radius 2 is 2.19 bits per heavy atom. The summed E-state index contributed by atoms with van der Waals surface area (Å²) in [6.07, 6.45) is 2.58. The SMILES string of the molecule is O=C(CCn1ncc2ccccc21)N[C@H]1CCS(=O)(=O)C1. The average Bonchev–Trinajstić information content (AvgIpc) is 3.00. The zero-order valence-corrected chi connectivity index (χ0v) is 12.3. The molecule has 0 unspecified atom stereocenters. The molecule has 21 heavy (non-hydrogen) atoms. The zero-order chi connectivity index (χ0) is 14.9. The lowest BCUT2D eigenvalue weighted by Crippen LogP contribution is -2.36. The van der Waals surface area contributed by atoms with Gasteiger partial charge < -0.3 is 5.32 Å². The Morgan fingerprint density at radius 3 is 2.95 bits per heavy atom. The largest absolute Gasteiger partial charge is 0.352 e. The minimum absolute atomic E-state index is 0.0590. The normalized spacial score (nSPS) is 20.7. The number of aryl methyl sites for hydroxylation is 1. The second-order valence-electron chi connectivity index (χ2n) is 5.34. The fourth-order valence-corrected chi connectivity index (χ4v) is 4.29. The minimum Gasteiger partial charge on any atom is -0.352 e. The maximum atomic E-state index is 11.9. The summed E-state index contributed by atoms with van der Waals surface area (Å²) in [6, 6.07) is 7.58. The minimum atomic E-state index is -2.96. The van der Waals surface area contributed by atoms with Crippen molar-refractivity contribution in [1.29, 1.82) is 0 Å². The van der Waals surface area contributed by atoms with E-state index in [1.807, 2.05) is 24.3 Å². The van der Waals surface area contributed by atoms with E-state index >= 15 is 0 Å². The highest BCUT2D eigenvalue weighted by Gasteiger charge is 2.28. The van der Waals surface area contributed by atoms with Gasteiger partial charge in [-0.2, -0.15) is 5.10 Å². The van der Waals surface area contributed by atoms with Crippen molar-refractivity contribution < 1.29 is 13.2 Å². The Balaban J connectivity index is 1.57. The van der Waals surface area contributed by atoms with Crippen LogP contribution in [0.2, 0.25) is 0 Å². The molecule has 6 nitrogen and oxygen atoms in total. The van der Waals surface area contributed by atoms with Crippen LogP contribution in [0.4, 0.5) is 0 Å². The molecule has 0 saturated carbocycles. The van der Waals surface area contributed by atoms with E-state index in [-0.39, 0.29) is 23.5 Å². The predicted molar refractivity (Wildman–Crippen MR) is 79.6 cm³/mol. The highest BCUT2D eigenvalue weighted by atomic mass is 32.2. The molecule has 1 atom stereocenters. The molecule has 1 saturated heterocycles. The molecule has 1 N–H and O–H groups in total. The van der Waals surface area contributed by atoms with E-state index in [4.69, 9.17) is 0 Å². The van der Waals surface area contributed by atoms with E-state index in [1.54, 1.807) is 10.9 Å². The van der Waals surface area contributed by atoms with Crippen LogP contribution in [0.1, 0.15) is 12.8 Å². The van der Waals surface area contributed by atoms with Gasteiger partial charge in [0.1, 0.15) is 0 Å². The van der Waals surface area contributed by atoms with Crippen molar-refractivity contribution in [3.63, 3.8) is 0 Å². The third kappa shape index (κ3) is 3.24. The number of nitrogens with zero attached hydrogens (tertiary/aromatic N) is 2. The number of aromatic nitrogens is 2. The molecule has 0 spiro atoms. The summed E-state index contributed by atoms with van der Waals surface area (Å²) in [6.45, 7) is 0.485. The number of hydrogen-bond donors (Lipinski definition) is 1. The summed E-state index contributed by atoms with van der Waals surface area (Å²) >= 11 is 0. The average molecular weight is 307 g/mol. The number of rotatable bonds is 4. The van der Waals surface area contributed by atoms with Crippen molar-refractivity contribution in [1.82, 2.24) is 15.1 Å². The number of carbonyl (C=O) groups excluding carboxylic acids is 1. The smallest absolute Gasteiger partial charge is 0.222 e. The zero-order valence-electron chi connectivity index (χ0n) is 11.5. The molecule has 1 aromatic heterocycles. The van der Waals surface area contributed by atoms with Crippen LogP contribution in [0.15, 0.2) is 30.5 Å². The van der Waals surface area contributed by atoms with E-state index in [0.29, 0.717) is 19.4 Å². The molecule has 7 heteroatoms. The first kappa shape index (κ1) is 14.1. The molecule has 1 fully saturated rings. The van der Waals surface area contributed by atoms with Crippen LogP contribution < -0.4 is 5.32 Å². The van der Waals surface area contributed by atoms with E-state index in [0.717, 1.165) is 10.9 Å². The van der Waals surface area contributed by atoms with Gasteiger partial charge in [0.05, 0.1) is 29.8 Å². The van der Waals surface area contributed by atoms with Crippen molar-refractivity contribution in [2.45, 2.75) is 25.4 Å². The van der Waals surface area contributed by atoms with Crippen LogP contribution in [0.25, 0.3) is 10.9 Å². The summed E-state index contributed by atoms with van der Waals surface area (Å²) in [5.41, 5.74) is 0.994. The first-order chi connectivity index (χ1) is 10.0. The Hall–Kier alpha value is -1.89. The quantitative estimate of drug-likeness (QED) is 0.903. The lowest BCUT2D eigenvalue weighted by atomic mass is 10.2. The maximum absolute atomic E-state index is 11.9. The van der Waals surface area contributed by atoms with Gasteiger partial charge >= 0.3 is 0 Å². The number of benzene rings is 1. The second kappa shape index (κ2) is 5.48. The van der Waals surface area contributed by atoms with Crippen molar-refractivity contribution >= 4 is 26.6 Å². The number of nitrogens with one attached hydrogen (secondary N) is 1. The molecule has 0 bridgehead atoms. The summed E-state index contributed by atoms with van der Waals surface area (Å²) in [4.78, 5) is 11.9. The number of carbonyl (C=O) groups is 1. The standard InChI is InChI=1S/C14H17N3O3S/c18-14(16-12-6-8-21(19,20)10-12)5-7-17-13-4-2-1-3-11(13)9-15-17/h1-4,9,12H,5-8,10H2,(H,16,18)/t12-/m0/s1. The topological polar surface area (TPSA) is 81.1 Å². The molecule has 3 rings (SSSR count). The van der Waals surface area contributed by atoms with Gasteiger partial charge in [0, 0.05) is 17.8 Å². The van der Waals surface area contributed by atoms with Crippen molar-refractivity contribution in [2.75, 3.05) is 11.5 Å². The van der Waals surface area contributed by atoms with Gasteiger partial charge in [-0.15, -0.1) is 0 Å². The molecular weight excluding hydrogens is 290 g/mol. The van der Waals surface area contributed by atoms with Crippen molar-refractivity contribution in [2.24, 2.45) is 0 Å². The van der Waals surface area contributed by atoms with Gasteiger partial charge in [-0.05, 0) is 12.5 Å². The molecule has 1 amide bonds. The van der Waals surface area contributed by atoms with Crippen LogP contribution >= 0.6 is 0 Å². The van der Waals surface area contributed by atoms with Crippen molar-refractivity contribution in [3.8, 4) is 0 Å². The van der Waals surface area contributed by atoms with E-state index in [1.165, 1.54) is 0 Å². The highest BCUT2D eigenvalue weighted by Crippen LogP contribution is 2.14. The first-order valence-electron chi connectivity index (χ1n) is 6.94. The van der Waals surface area contributed by atoms with Crippen LogP contribution in [0.5, 0.6) is 0 Å². The molecule has 0 radical (unpaired) electrons. The monoisotopic (exact) mass is 307 g/mol. The molecule has 1 aliphatic rings. The third-order valence-corrected chi connectivity index (χ3v) is 5.47. The Labute approximate surface area is 123 Å². The molecule has 1 aliphatic heterocycles. The third-order valence-electron chi connectivity index (χ3n) is 3.70. The predicted octanol–water partition coefficient (Wildman–Crippen LogP) is 0.730. The number of para-hydroxylation sites is 1. The Kier molecular flexibility index (Phi) is 3.67. The highest BCUT2D eigenvalue weighted by molar-refractivity contribution is 7.91. The number of hydrogen-bond acceptors (Lipinski definition) is 4.